The smallest absolute Gasteiger partial charge is 0.145 e. The zero-order valence-electron chi connectivity index (χ0n) is 40.0. The number of aliphatic hydroxyl groups excluding tert-OH is 1. The standard InChI is InChI=1S/C67H47N3O3/c1-3-48(63(72)35-36-68-56-24-8-6-22-52(56)65-41(2)15-12-28-60(65)68)44-16-13-19-47(37-44)70-59-27-11-7-23-53(59)66-61(70)32-31-51-55-40-43(30-34-64(55)73-67(51)66)42-29-33-62(71)54(39-42)45-17-14-18-46(38-45)69-57-25-9-4-20-49(57)50-21-5-10-26-58(50)69/h3-14,16-41,71-72H,1,15H2,2H3/b36-35-,63-48-. The van der Waals surface area contributed by atoms with Crippen LogP contribution < -0.4 is 0 Å². The number of hydrogen-bond donors (Lipinski definition) is 2. The summed E-state index contributed by atoms with van der Waals surface area (Å²) in [5.41, 5.74) is 16.7. The van der Waals surface area contributed by atoms with Crippen molar-refractivity contribution in [3.63, 3.8) is 0 Å². The molecular weight excluding hydrogens is 895 g/mol. The summed E-state index contributed by atoms with van der Waals surface area (Å²) in [7, 11) is 0. The SMILES string of the molecule is C=C/C(=C(O)\C=C/n1c2c(c3ccccc31)C(C)CC=C2)c1cccc(-n2c3ccccc3c3c4oc5ccc(-c6ccc(O)c(-c7cccc(-n8c9ccccc9c9ccccc98)c7)c6)cc5c4ccc32)c1. The van der Waals surface area contributed by atoms with Crippen molar-refractivity contribution in [1.29, 1.82) is 0 Å². The van der Waals surface area contributed by atoms with E-state index in [0.29, 0.717) is 11.5 Å². The maximum atomic E-state index is 11.8. The number of allylic oxidation sites excluding steroid dienone is 4. The monoisotopic (exact) mass is 941 g/mol. The third kappa shape index (κ3) is 6.57. The number of rotatable bonds is 8. The van der Waals surface area contributed by atoms with Gasteiger partial charge in [0.15, 0.2) is 0 Å². The second-order valence-electron chi connectivity index (χ2n) is 19.2. The summed E-state index contributed by atoms with van der Waals surface area (Å²) in [5.74, 6) is 0.762. The van der Waals surface area contributed by atoms with E-state index < -0.39 is 0 Å². The first-order chi connectivity index (χ1) is 35.9. The van der Waals surface area contributed by atoms with Crippen LogP contribution >= 0.6 is 0 Å². The molecular formula is C67H47N3O3. The number of fused-ring (bicyclic) bond motifs is 13. The fraction of sp³-hybridized carbons (Fsp3) is 0.0448. The number of hydrogen-bond acceptors (Lipinski definition) is 3. The van der Waals surface area contributed by atoms with Gasteiger partial charge < -0.3 is 28.3 Å². The molecule has 14 rings (SSSR count). The first kappa shape index (κ1) is 42.4. The predicted molar refractivity (Wildman–Crippen MR) is 304 cm³/mol. The summed E-state index contributed by atoms with van der Waals surface area (Å²) < 4.78 is 13.6. The van der Waals surface area contributed by atoms with Crippen LogP contribution in [0.3, 0.4) is 0 Å². The van der Waals surface area contributed by atoms with E-state index >= 15 is 0 Å². The minimum absolute atomic E-state index is 0.130. The molecule has 4 heterocycles. The van der Waals surface area contributed by atoms with E-state index in [-0.39, 0.29) is 11.5 Å². The number of aromatic nitrogens is 3. The molecule has 9 aromatic carbocycles. The van der Waals surface area contributed by atoms with Crippen LogP contribution in [0.25, 0.3) is 128 Å². The van der Waals surface area contributed by atoms with Crippen LogP contribution in [0.15, 0.2) is 229 Å². The number of phenols is 1. The van der Waals surface area contributed by atoms with Gasteiger partial charge in [0.1, 0.15) is 22.7 Å². The number of phenolic OH excluding ortho intramolecular Hbond substituents is 1. The summed E-state index contributed by atoms with van der Waals surface area (Å²) in [6, 6.07) is 67.3. The van der Waals surface area contributed by atoms with Crippen LogP contribution in [-0.2, 0) is 0 Å². The summed E-state index contributed by atoms with van der Waals surface area (Å²) in [6.07, 6.45) is 10.9. The molecule has 0 fully saturated rings. The molecule has 1 unspecified atom stereocenters. The van der Waals surface area contributed by atoms with Crippen molar-refractivity contribution in [2.75, 3.05) is 0 Å². The van der Waals surface area contributed by atoms with Crippen LogP contribution in [0.5, 0.6) is 5.75 Å². The lowest BCUT2D eigenvalue weighted by Crippen LogP contribution is -2.00. The lowest BCUT2D eigenvalue weighted by Gasteiger charge is -2.15. The van der Waals surface area contributed by atoms with E-state index in [9.17, 15) is 10.2 Å². The van der Waals surface area contributed by atoms with Gasteiger partial charge >= 0.3 is 0 Å². The Morgan fingerprint density at radius 1 is 0.575 bits per heavy atom. The largest absolute Gasteiger partial charge is 0.507 e. The zero-order chi connectivity index (χ0) is 48.9. The molecule has 0 spiro atoms. The van der Waals surface area contributed by atoms with E-state index in [1.165, 1.54) is 21.7 Å². The van der Waals surface area contributed by atoms with E-state index in [1.807, 2.05) is 24.4 Å². The third-order valence-electron chi connectivity index (χ3n) is 15.1. The van der Waals surface area contributed by atoms with E-state index in [4.69, 9.17) is 4.42 Å². The molecule has 0 bridgehead atoms. The molecule has 348 valence electrons. The molecule has 73 heavy (non-hydrogen) atoms. The van der Waals surface area contributed by atoms with Gasteiger partial charge in [-0.2, -0.15) is 0 Å². The molecule has 0 saturated carbocycles. The lowest BCUT2D eigenvalue weighted by molar-refractivity contribution is 0.436. The number of benzene rings is 9. The molecule has 1 atom stereocenters. The average molecular weight is 942 g/mol. The summed E-state index contributed by atoms with van der Waals surface area (Å²) in [4.78, 5) is 0. The highest BCUT2D eigenvalue weighted by Crippen LogP contribution is 2.44. The summed E-state index contributed by atoms with van der Waals surface area (Å²) >= 11 is 0. The molecule has 0 saturated heterocycles. The molecule has 2 N–H and O–H groups in total. The van der Waals surface area contributed by atoms with E-state index in [0.717, 1.165) is 112 Å². The topological polar surface area (TPSA) is 68.4 Å². The van der Waals surface area contributed by atoms with Gasteiger partial charge in [-0.1, -0.05) is 135 Å². The molecule has 0 radical (unpaired) electrons. The fourth-order valence-electron chi connectivity index (χ4n) is 11.8. The third-order valence-corrected chi connectivity index (χ3v) is 15.1. The molecule has 13 aromatic rings. The Morgan fingerprint density at radius 2 is 1.22 bits per heavy atom. The zero-order valence-corrected chi connectivity index (χ0v) is 40.0. The van der Waals surface area contributed by atoms with E-state index in [1.54, 1.807) is 18.2 Å². The second kappa shape index (κ2) is 16.5. The van der Waals surface area contributed by atoms with Crippen molar-refractivity contribution in [2.24, 2.45) is 0 Å². The number of aliphatic hydroxyl groups is 1. The molecule has 0 aliphatic heterocycles. The highest BCUT2D eigenvalue weighted by atomic mass is 16.3. The van der Waals surface area contributed by atoms with Gasteiger partial charge in [0, 0.05) is 66.7 Å². The fourth-order valence-corrected chi connectivity index (χ4v) is 11.8. The molecule has 1 aliphatic rings. The van der Waals surface area contributed by atoms with Gasteiger partial charge in [-0.15, -0.1) is 0 Å². The van der Waals surface area contributed by atoms with Gasteiger partial charge in [0.25, 0.3) is 0 Å². The normalized spacial score (nSPS) is 14.2. The van der Waals surface area contributed by atoms with Gasteiger partial charge in [-0.3, -0.25) is 0 Å². The van der Waals surface area contributed by atoms with Crippen LogP contribution in [0.1, 0.15) is 36.1 Å². The van der Waals surface area contributed by atoms with Crippen molar-refractivity contribution >= 4 is 94.3 Å². The van der Waals surface area contributed by atoms with Crippen molar-refractivity contribution < 1.29 is 14.6 Å². The first-order valence-corrected chi connectivity index (χ1v) is 24.9. The van der Waals surface area contributed by atoms with Crippen LogP contribution in [0.2, 0.25) is 0 Å². The highest BCUT2D eigenvalue weighted by Gasteiger charge is 2.23. The Morgan fingerprint density at radius 3 is 1.99 bits per heavy atom. The van der Waals surface area contributed by atoms with Gasteiger partial charge in [0.2, 0.25) is 0 Å². The number of furan rings is 1. The van der Waals surface area contributed by atoms with Crippen LogP contribution in [0.4, 0.5) is 0 Å². The maximum Gasteiger partial charge on any atom is 0.145 e. The maximum absolute atomic E-state index is 11.8. The molecule has 1 aliphatic carbocycles. The van der Waals surface area contributed by atoms with Gasteiger partial charge in [-0.05, 0) is 137 Å². The average Bonchev–Trinajstić information content (AvgIpc) is 4.17. The Balaban J connectivity index is 0.837. The van der Waals surface area contributed by atoms with Crippen LogP contribution in [-0.4, -0.2) is 23.9 Å². The Kier molecular flexibility index (Phi) is 9.60. The predicted octanol–water partition coefficient (Wildman–Crippen LogP) is 17.9. The molecule has 6 heteroatoms. The molecule has 4 aromatic heterocycles. The lowest BCUT2D eigenvalue weighted by atomic mass is 9.91. The first-order valence-electron chi connectivity index (χ1n) is 24.9. The Bertz CT molecular complexity index is 4490. The summed E-state index contributed by atoms with van der Waals surface area (Å²) in [6.45, 7) is 6.43. The Hall–Kier alpha value is -9.52. The number of aromatic hydroxyl groups is 1. The highest BCUT2D eigenvalue weighted by molar-refractivity contribution is 6.24. The van der Waals surface area contributed by atoms with Gasteiger partial charge in [0.05, 0.1) is 33.0 Å². The summed E-state index contributed by atoms with van der Waals surface area (Å²) in [5, 5.41) is 31.0. The minimum atomic E-state index is 0.130. The second-order valence-corrected chi connectivity index (χ2v) is 19.2. The van der Waals surface area contributed by atoms with Crippen LogP contribution in [0, 0.1) is 0 Å². The Labute approximate surface area is 420 Å². The minimum Gasteiger partial charge on any atom is -0.507 e. The number of nitrogens with zero attached hydrogens (tertiary/aromatic N) is 3. The van der Waals surface area contributed by atoms with E-state index in [2.05, 4.69) is 209 Å². The quantitative estimate of drug-likeness (QED) is 0.118. The van der Waals surface area contributed by atoms with Crippen molar-refractivity contribution in [3.8, 4) is 39.4 Å². The van der Waals surface area contributed by atoms with Gasteiger partial charge in [-0.25, -0.2) is 0 Å². The number of para-hydroxylation sites is 4. The molecule has 6 nitrogen and oxygen atoms in total. The molecule has 0 amide bonds. The van der Waals surface area contributed by atoms with Crippen molar-refractivity contribution in [1.82, 2.24) is 13.7 Å². The van der Waals surface area contributed by atoms with Crippen molar-refractivity contribution in [2.45, 2.75) is 19.3 Å². The van der Waals surface area contributed by atoms with Crippen molar-refractivity contribution in [3.05, 3.63) is 242 Å².